The summed E-state index contributed by atoms with van der Waals surface area (Å²) in [5, 5.41) is 0.355. The summed E-state index contributed by atoms with van der Waals surface area (Å²) in [6, 6.07) is 0. The van der Waals surface area contributed by atoms with E-state index >= 15 is 0 Å². The largest absolute Gasteiger partial charge is 0.464 e. The molecule has 0 amide bonds. The molecule has 4 fully saturated rings. The van der Waals surface area contributed by atoms with Gasteiger partial charge in [0.05, 0.1) is 11.2 Å². The van der Waals surface area contributed by atoms with Gasteiger partial charge in [0.2, 0.25) is 0 Å². The van der Waals surface area contributed by atoms with Crippen molar-refractivity contribution in [2.24, 2.45) is 11.3 Å². The Morgan fingerprint density at radius 2 is 1.32 bits per heavy atom. The molecule has 2 nitrogen and oxygen atoms in total. The molecule has 1 heterocycles. The molecule has 0 radical (unpaired) electrons. The Bertz CT molecular complexity index is 348. The topological polar surface area (TPSA) is 18.5 Å². The lowest BCUT2D eigenvalue weighted by atomic mass is 9.22. The normalized spacial score (nSPS) is 42.2. The molecule has 0 N–H and O–H groups in total. The molecular weight excluding hydrogens is 235 g/mol. The smallest absolute Gasteiger partial charge is 0.403 e. The first-order chi connectivity index (χ1) is 8.70. The highest BCUT2D eigenvalue weighted by Crippen LogP contribution is 2.83. The van der Waals surface area contributed by atoms with E-state index in [1.54, 1.807) is 0 Å². The van der Waals surface area contributed by atoms with E-state index in [0.29, 0.717) is 10.7 Å². The first-order valence-electron chi connectivity index (χ1n) is 8.06. The minimum Gasteiger partial charge on any atom is -0.403 e. The Hall–Kier alpha value is -0.0151. The van der Waals surface area contributed by atoms with Crippen molar-refractivity contribution in [1.29, 1.82) is 0 Å². The highest BCUT2D eigenvalue weighted by molar-refractivity contribution is 6.51. The van der Waals surface area contributed by atoms with Gasteiger partial charge in [-0.2, -0.15) is 0 Å². The molecule has 3 aliphatic carbocycles. The van der Waals surface area contributed by atoms with Crippen LogP contribution in [0, 0.1) is 11.3 Å². The third-order valence-electron chi connectivity index (χ3n) is 6.72. The quantitative estimate of drug-likeness (QED) is 0.699. The second-order valence-electron chi connectivity index (χ2n) is 8.36. The van der Waals surface area contributed by atoms with Gasteiger partial charge in [0.15, 0.2) is 0 Å². The van der Waals surface area contributed by atoms with Crippen molar-refractivity contribution in [3.8, 4) is 0 Å². The van der Waals surface area contributed by atoms with Gasteiger partial charge < -0.3 is 9.31 Å². The zero-order valence-electron chi connectivity index (χ0n) is 13.5. The predicted molar refractivity (Wildman–Crippen MR) is 79.1 cm³/mol. The molecule has 0 atom stereocenters. The molecule has 19 heavy (non-hydrogen) atoms. The van der Waals surface area contributed by atoms with Crippen molar-refractivity contribution in [1.82, 2.24) is 0 Å². The summed E-state index contributed by atoms with van der Waals surface area (Å²) in [5.41, 5.74) is 0.303. The van der Waals surface area contributed by atoms with Crippen LogP contribution in [-0.2, 0) is 9.31 Å². The zero-order chi connectivity index (χ0) is 14.1. The molecule has 4 aliphatic rings. The van der Waals surface area contributed by atoms with Crippen LogP contribution in [0.15, 0.2) is 0 Å². The van der Waals surface area contributed by atoms with Crippen molar-refractivity contribution in [3.05, 3.63) is 0 Å². The van der Waals surface area contributed by atoms with Gasteiger partial charge in [-0.15, -0.1) is 0 Å². The molecule has 108 valence electrons. The third kappa shape index (κ3) is 1.64. The molecule has 0 unspecified atom stereocenters. The van der Waals surface area contributed by atoms with Gasteiger partial charge in [-0.05, 0) is 58.3 Å². The van der Waals surface area contributed by atoms with Crippen molar-refractivity contribution < 1.29 is 9.31 Å². The Labute approximate surface area is 118 Å². The third-order valence-corrected chi connectivity index (χ3v) is 6.72. The molecule has 0 aromatic rings. The molecule has 0 aromatic heterocycles. The van der Waals surface area contributed by atoms with Crippen LogP contribution in [0.1, 0.15) is 73.6 Å². The summed E-state index contributed by atoms with van der Waals surface area (Å²) in [6.45, 7) is 13.3. The first-order valence-corrected chi connectivity index (χ1v) is 8.06. The molecule has 0 aromatic carbocycles. The Morgan fingerprint density at radius 1 is 0.895 bits per heavy atom. The summed E-state index contributed by atoms with van der Waals surface area (Å²) in [6.07, 6.45) is 6.67. The van der Waals surface area contributed by atoms with Gasteiger partial charge >= 0.3 is 7.12 Å². The molecule has 0 spiro atoms. The molecule has 1 aliphatic heterocycles. The van der Waals surface area contributed by atoms with E-state index in [9.17, 15) is 0 Å². The highest BCUT2D eigenvalue weighted by atomic mass is 16.7. The van der Waals surface area contributed by atoms with Crippen molar-refractivity contribution in [2.45, 2.75) is 90.2 Å². The Balaban J connectivity index is 1.67. The van der Waals surface area contributed by atoms with Crippen LogP contribution in [0.5, 0.6) is 0 Å². The van der Waals surface area contributed by atoms with Crippen molar-refractivity contribution in [3.63, 3.8) is 0 Å². The summed E-state index contributed by atoms with van der Waals surface area (Å²) in [5.74, 6) is 0.914. The fraction of sp³-hybridized carbons (Fsp3) is 1.00. The Morgan fingerprint density at radius 3 is 1.68 bits per heavy atom. The van der Waals surface area contributed by atoms with E-state index in [4.69, 9.17) is 9.31 Å². The lowest BCUT2D eigenvalue weighted by Crippen LogP contribution is -2.66. The van der Waals surface area contributed by atoms with Crippen LogP contribution in [0.4, 0.5) is 0 Å². The van der Waals surface area contributed by atoms with Gasteiger partial charge in [-0.25, -0.2) is 0 Å². The molecule has 3 saturated carbocycles. The van der Waals surface area contributed by atoms with Crippen LogP contribution < -0.4 is 0 Å². The van der Waals surface area contributed by atoms with Gasteiger partial charge in [0.25, 0.3) is 0 Å². The Kier molecular flexibility index (Phi) is 2.78. The van der Waals surface area contributed by atoms with Gasteiger partial charge in [-0.3, -0.25) is 0 Å². The molecule has 4 rings (SSSR count). The van der Waals surface area contributed by atoms with E-state index in [1.807, 2.05) is 0 Å². The van der Waals surface area contributed by atoms with Crippen LogP contribution >= 0.6 is 0 Å². The van der Waals surface area contributed by atoms with Crippen LogP contribution in [0.2, 0.25) is 5.31 Å². The van der Waals surface area contributed by atoms with Crippen LogP contribution in [0.3, 0.4) is 0 Å². The van der Waals surface area contributed by atoms with Gasteiger partial charge in [0.1, 0.15) is 0 Å². The fourth-order valence-electron chi connectivity index (χ4n) is 4.88. The first kappa shape index (κ1) is 13.9. The summed E-state index contributed by atoms with van der Waals surface area (Å²) in [4.78, 5) is 0. The maximum atomic E-state index is 6.28. The number of hydrogen-bond donors (Lipinski definition) is 0. The van der Waals surface area contributed by atoms with Gasteiger partial charge in [0, 0.05) is 5.31 Å². The van der Waals surface area contributed by atoms with E-state index in [-0.39, 0.29) is 18.3 Å². The summed E-state index contributed by atoms with van der Waals surface area (Å²) < 4.78 is 12.6. The van der Waals surface area contributed by atoms with Crippen molar-refractivity contribution >= 4 is 7.12 Å². The maximum Gasteiger partial charge on any atom is 0.464 e. The van der Waals surface area contributed by atoms with E-state index < -0.39 is 0 Å². The van der Waals surface area contributed by atoms with E-state index in [2.05, 4.69) is 41.5 Å². The van der Waals surface area contributed by atoms with E-state index in [0.717, 1.165) is 5.92 Å². The number of hydrogen-bond acceptors (Lipinski definition) is 2. The van der Waals surface area contributed by atoms with Crippen LogP contribution in [-0.4, -0.2) is 18.3 Å². The molecule has 3 heteroatoms. The fourth-order valence-corrected chi connectivity index (χ4v) is 4.88. The second-order valence-corrected chi connectivity index (χ2v) is 8.36. The second kappa shape index (κ2) is 3.79. The summed E-state index contributed by atoms with van der Waals surface area (Å²) >= 11 is 0. The SMILES string of the molecule is CCC(CC)C12CC(B3OC(C)(C)C(C)(C)O3)(C1)C2. The minimum absolute atomic E-state index is 0.0359. The van der Waals surface area contributed by atoms with E-state index in [1.165, 1.54) is 32.1 Å². The lowest BCUT2D eigenvalue weighted by molar-refractivity contribution is -0.154. The standard InChI is InChI=1S/C16H29BO2/c1-7-12(8-2)15-9-16(10-15,11-15)17-18-13(3,4)14(5,6)19-17/h12H,7-11H2,1-6H3. The maximum absolute atomic E-state index is 6.28. The van der Waals surface area contributed by atoms with Gasteiger partial charge in [-0.1, -0.05) is 26.7 Å². The average molecular weight is 264 g/mol. The minimum atomic E-state index is -0.171. The summed E-state index contributed by atoms with van der Waals surface area (Å²) in [7, 11) is 0.0359. The lowest BCUT2D eigenvalue weighted by Gasteiger charge is -2.74. The highest BCUT2D eigenvalue weighted by Gasteiger charge is 2.77. The van der Waals surface area contributed by atoms with Crippen molar-refractivity contribution in [2.75, 3.05) is 0 Å². The predicted octanol–water partition coefficient (Wildman–Crippen LogP) is 4.44. The van der Waals surface area contributed by atoms with Crippen LogP contribution in [0.25, 0.3) is 0 Å². The molecular formula is C16H29BO2. The zero-order valence-corrected chi connectivity index (χ0v) is 13.5. The molecule has 2 bridgehead atoms. The average Bonchev–Trinajstić information content (AvgIpc) is 2.39. The monoisotopic (exact) mass is 264 g/mol. The molecule has 1 saturated heterocycles. The number of rotatable bonds is 4.